The number of nitrogens with zero attached hydrogens (tertiary/aromatic N) is 1. The number of ether oxygens (including phenoxy) is 3. The lowest BCUT2D eigenvalue weighted by Crippen LogP contribution is -2.26. The van der Waals surface area contributed by atoms with E-state index in [0.29, 0.717) is 29.5 Å². The van der Waals surface area contributed by atoms with E-state index in [-0.39, 0.29) is 16.6 Å². The molecule has 3 aromatic rings. The molecule has 184 valence electrons. The van der Waals surface area contributed by atoms with E-state index in [0.717, 1.165) is 19.4 Å². The topological polar surface area (TPSA) is 94.2 Å². The molecule has 1 heterocycles. The van der Waals surface area contributed by atoms with Gasteiger partial charge in [0.05, 0.1) is 23.8 Å². The zero-order chi connectivity index (χ0) is 24.8. The fourth-order valence-electron chi connectivity index (χ4n) is 3.72. The molecule has 0 aromatic heterocycles. The molecule has 0 aliphatic carbocycles. The Labute approximate surface area is 205 Å². The zero-order valence-corrected chi connectivity index (χ0v) is 20.5. The van der Waals surface area contributed by atoms with Crippen LogP contribution < -0.4 is 19.1 Å². The van der Waals surface area contributed by atoms with E-state index >= 15 is 0 Å². The molecule has 1 aliphatic rings. The first-order valence-electron chi connectivity index (χ1n) is 11.3. The average molecular weight is 497 g/mol. The Morgan fingerprint density at radius 3 is 2.54 bits per heavy atom. The molecule has 0 saturated carbocycles. The van der Waals surface area contributed by atoms with Crippen molar-refractivity contribution in [2.75, 3.05) is 37.0 Å². The van der Waals surface area contributed by atoms with Crippen molar-refractivity contribution in [1.29, 1.82) is 0 Å². The van der Waals surface area contributed by atoms with Crippen molar-refractivity contribution in [2.24, 2.45) is 0 Å². The van der Waals surface area contributed by atoms with Crippen LogP contribution in [0.25, 0.3) is 0 Å². The monoisotopic (exact) mass is 496 g/mol. The van der Waals surface area contributed by atoms with Gasteiger partial charge in [-0.3, -0.25) is 9.10 Å². The molecule has 4 rings (SSSR count). The third kappa shape index (κ3) is 5.93. The van der Waals surface area contributed by atoms with Crippen LogP contribution in [0.15, 0.2) is 77.7 Å². The Morgan fingerprint density at radius 1 is 1.06 bits per heavy atom. The molecule has 1 amide bonds. The summed E-state index contributed by atoms with van der Waals surface area (Å²) in [5.41, 5.74) is 1.24. The van der Waals surface area contributed by atoms with Gasteiger partial charge in [-0.05, 0) is 67.4 Å². The minimum atomic E-state index is -3.88. The van der Waals surface area contributed by atoms with Gasteiger partial charge in [0.1, 0.15) is 18.1 Å². The van der Waals surface area contributed by atoms with E-state index in [4.69, 9.17) is 14.2 Å². The quantitative estimate of drug-likeness (QED) is 0.474. The summed E-state index contributed by atoms with van der Waals surface area (Å²) < 4.78 is 44.0. The van der Waals surface area contributed by atoms with Crippen LogP contribution in [0, 0.1) is 0 Å². The molecule has 35 heavy (non-hydrogen) atoms. The highest BCUT2D eigenvalue weighted by atomic mass is 32.2. The maximum Gasteiger partial charge on any atom is 0.264 e. The molecule has 0 radical (unpaired) electrons. The Balaban J connectivity index is 1.46. The van der Waals surface area contributed by atoms with Gasteiger partial charge >= 0.3 is 0 Å². The highest BCUT2D eigenvalue weighted by molar-refractivity contribution is 7.92. The number of sulfonamides is 1. The van der Waals surface area contributed by atoms with Crippen molar-refractivity contribution in [2.45, 2.75) is 23.8 Å². The normalized spacial score (nSPS) is 15.4. The summed E-state index contributed by atoms with van der Waals surface area (Å²) in [6, 6.07) is 19.7. The Kier molecular flexibility index (Phi) is 7.57. The number of rotatable bonds is 9. The predicted octanol–water partition coefficient (Wildman–Crippen LogP) is 4.33. The van der Waals surface area contributed by atoms with Crippen molar-refractivity contribution in [1.82, 2.24) is 0 Å². The summed E-state index contributed by atoms with van der Waals surface area (Å²) in [4.78, 5) is 12.9. The van der Waals surface area contributed by atoms with Gasteiger partial charge < -0.3 is 19.5 Å². The van der Waals surface area contributed by atoms with Crippen molar-refractivity contribution < 1.29 is 27.4 Å². The van der Waals surface area contributed by atoms with Gasteiger partial charge in [-0.1, -0.05) is 12.1 Å². The van der Waals surface area contributed by atoms with Gasteiger partial charge in [0, 0.05) is 31.0 Å². The number of hydrogen-bond acceptors (Lipinski definition) is 6. The second kappa shape index (κ2) is 10.8. The van der Waals surface area contributed by atoms with Gasteiger partial charge in [-0.15, -0.1) is 0 Å². The SMILES string of the molecule is COc1ccc(N(C)S(=O)(=O)c2cccc(C(=O)Nc3cccc(OCC4CCCO4)c3)c2)cc1. The van der Waals surface area contributed by atoms with Crippen LogP contribution in [0.4, 0.5) is 11.4 Å². The van der Waals surface area contributed by atoms with E-state index < -0.39 is 15.9 Å². The lowest BCUT2D eigenvalue weighted by molar-refractivity contribution is 0.0680. The Bertz CT molecular complexity index is 1270. The molecule has 9 heteroatoms. The van der Waals surface area contributed by atoms with Crippen molar-refractivity contribution >= 4 is 27.3 Å². The number of hydrogen-bond donors (Lipinski definition) is 1. The van der Waals surface area contributed by atoms with Crippen LogP contribution in [-0.4, -0.2) is 47.8 Å². The lowest BCUT2D eigenvalue weighted by Gasteiger charge is -2.20. The maximum atomic E-state index is 13.2. The minimum absolute atomic E-state index is 0.0112. The number of carbonyl (C=O) groups excluding carboxylic acids is 1. The Hall–Kier alpha value is -3.56. The summed E-state index contributed by atoms with van der Waals surface area (Å²) in [5.74, 6) is 0.820. The van der Waals surface area contributed by atoms with Crippen molar-refractivity contribution in [3.8, 4) is 11.5 Å². The maximum absolute atomic E-state index is 13.2. The lowest BCUT2D eigenvalue weighted by atomic mass is 10.2. The third-order valence-electron chi connectivity index (χ3n) is 5.74. The number of amides is 1. The smallest absolute Gasteiger partial charge is 0.264 e. The fraction of sp³-hybridized carbons (Fsp3) is 0.269. The molecule has 1 aliphatic heterocycles. The largest absolute Gasteiger partial charge is 0.497 e. The minimum Gasteiger partial charge on any atom is -0.497 e. The van der Waals surface area contributed by atoms with E-state index in [1.807, 2.05) is 6.07 Å². The van der Waals surface area contributed by atoms with Crippen LogP contribution in [-0.2, 0) is 14.8 Å². The second-order valence-electron chi connectivity index (χ2n) is 8.13. The predicted molar refractivity (Wildman–Crippen MR) is 134 cm³/mol. The first-order chi connectivity index (χ1) is 16.9. The molecule has 0 spiro atoms. The molecule has 1 saturated heterocycles. The van der Waals surface area contributed by atoms with E-state index in [9.17, 15) is 13.2 Å². The number of anilines is 2. The summed E-state index contributed by atoms with van der Waals surface area (Å²) in [7, 11) is -0.875. The molecule has 1 fully saturated rings. The van der Waals surface area contributed by atoms with Gasteiger partial charge in [0.25, 0.3) is 15.9 Å². The summed E-state index contributed by atoms with van der Waals surface area (Å²) in [6.07, 6.45) is 2.10. The van der Waals surface area contributed by atoms with Crippen LogP contribution in [0.1, 0.15) is 23.2 Å². The molecule has 8 nitrogen and oxygen atoms in total. The van der Waals surface area contributed by atoms with Gasteiger partial charge in [0.2, 0.25) is 0 Å². The first-order valence-corrected chi connectivity index (χ1v) is 12.7. The molecule has 0 bridgehead atoms. The summed E-state index contributed by atoms with van der Waals surface area (Å²) >= 11 is 0. The zero-order valence-electron chi connectivity index (χ0n) is 19.6. The molecular weight excluding hydrogens is 468 g/mol. The summed E-state index contributed by atoms with van der Waals surface area (Å²) in [6.45, 7) is 1.22. The van der Waals surface area contributed by atoms with Gasteiger partial charge in [-0.25, -0.2) is 8.42 Å². The molecular formula is C26H28N2O6S. The average Bonchev–Trinajstić information content (AvgIpc) is 3.41. The van der Waals surface area contributed by atoms with Crippen LogP contribution in [0.3, 0.4) is 0 Å². The molecule has 1 atom stereocenters. The highest BCUT2D eigenvalue weighted by Crippen LogP contribution is 2.25. The third-order valence-corrected chi connectivity index (χ3v) is 7.52. The number of nitrogens with one attached hydrogen (secondary N) is 1. The van der Waals surface area contributed by atoms with Crippen LogP contribution in [0.5, 0.6) is 11.5 Å². The first kappa shape index (κ1) is 24.6. The van der Waals surface area contributed by atoms with Crippen LogP contribution in [0.2, 0.25) is 0 Å². The fourth-order valence-corrected chi connectivity index (χ4v) is 4.96. The van der Waals surface area contributed by atoms with Gasteiger partial charge in [-0.2, -0.15) is 0 Å². The van der Waals surface area contributed by atoms with Crippen molar-refractivity contribution in [3.05, 3.63) is 78.4 Å². The van der Waals surface area contributed by atoms with Gasteiger partial charge in [0.15, 0.2) is 0 Å². The molecule has 1 N–H and O–H groups in total. The molecule has 1 unspecified atom stereocenters. The van der Waals surface area contributed by atoms with Crippen LogP contribution >= 0.6 is 0 Å². The molecule has 3 aromatic carbocycles. The Morgan fingerprint density at radius 2 is 1.83 bits per heavy atom. The van der Waals surface area contributed by atoms with E-state index in [1.54, 1.807) is 61.7 Å². The number of benzene rings is 3. The second-order valence-corrected chi connectivity index (χ2v) is 10.1. The van der Waals surface area contributed by atoms with Crippen molar-refractivity contribution in [3.63, 3.8) is 0 Å². The van der Waals surface area contributed by atoms with E-state index in [2.05, 4.69) is 5.32 Å². The van der Waals surface area contributed by atoms with E-state index in [1.165, 1.54) is 23.5 Å². The standard InChI is InChI=1S/C26H28N2O6S/c1-28(21-11-13-22(32-2)14-12-21)35(30,31)25-10-3-6-19(16-25)26(29)27-20-7-4-8-23(17-20)34-18-24-9-5-15-33-24/h3-4,6-8,10-14,16-17,24H,5,9,15,18H2,1-2H3,(H,27,29). The highest BCUT2D eigenvalue weighted by Gasteiger charge is 2.23. The summed E-state index contributed by atoms with van der Waals surface area (Å²) in [5, 5.41) is 2.81. The number of methoxy groups -OCH3 is 1. The number of carbonyl (C=O) groups is 1.